The molecule has 0 aliphatic heterocycles. The number of nitrogens with zero attached hydrogens (tertiary/aromatic N) is 1. The van der Waals surface area contributed by atoms with Crippen molar-refractivity contribution in [2.75, 3.05) is 24.2 Å². The Balaban J connectivity index is 1.67. The van der Waals surface area contributed by atoms with Crippen molar-refractivity contribution in [3.8, 4) is 0 Å². The second-order valence-electron chi connectivity index (χ2n) is 6.32. The number of likely N-dealkylation sites (N-methyl/N-ethyl adjacent to an activating group) is 1. The summed E-state index contributed by atoms with van der Waals surface area (Å²) in [4.78, 5) is 38.6. The molecule has 0 aliphatic rings. The molecule has 7 nitrogen and oxygen atoms in total. The van der Waals surface area contributed by atoms with Crippen LogP contribution in [0.4, 0.5) is 11.4 Å². The second-order valence-corrected chi connectivity index (χ2v) is 7.13. The zero-order valence-electron chi connectivity index (χ0n) is 15.8. The zero-order chi connectivity index (χ0) is 21.7. The van der Waals surface area contributed by atoms with Crippen LogP contribution < -0.4 is 10.6 Å². The SMILES string of the molecule is CN(CC(=O)Nc1ccc(Cl)c(Cl)c1)C(=O)c1ccccc1NC(=O)c1ccco1. The molecule has 0 spiro atoms. The smallest absolute Gasteiger partial charge is 0.291 e. The number of anilines is 2. The molecule has 0 unspecified atom stereocenters. The quantitative estimate of drug-likeness (QED) is 0.581. The van der Waals surface area contributed by atoms with Crippen molar-refractivity contribution in [2.45, 2.75) is 0 Å². The summed E-state index contributed by atoms with van der Waals surface area (Å²) < 4.78 is 5.06. The van der Waals surface area contributed by atoms with E-state index in [0.29, 0.717) is 21.4 Å². The molecule has 0 fully saturated rings. The molecule has 0 bridgehead atoms. The number of para-hydroxylation sites is 1. The summed E-state index contributed by atoms with van der Waals surface area (Å²) in [6, 6.07) is 14.3. The van der Waals surface area contributed by atoms with Crippen molar-refractivity contribution in [2.24, 2.45) is 0 Å². The fourth-order valence-corrected chi connectivity index (χ4v) is 2.94. The van der Waals surface area contributed by atoms with Gasteiger partial charge in [-0.2, -0.15) is 0 Å². The van der Waals surface area contributed by atoms with Gasteiger partial charge in [-0.25, -0.2) is 0 Å². The number of amides is 3. The van der Waals surface area contributed by atoms with Crippen LogP contribution >= 0.6 is 23.2 Å². The summed E-state index contributed by atoms with van der Waals surface area (Å²) in [5.74, 6) is -1.22. The molecule has 3 amide bonds. The first kappa shape index (κ1) is 21.4. The molecule has 30 heavy (non-hydrogen) atoms. The highest BCUT2D eigenvalue weighted by atomic mass is 35.5. The van der Waals surface area contributed by atoms with Gasteiger partial charge in [0, 0.05) is 12.7 Å². The molecule has 2 aromatic carbocycles. The number of hydrogen-bond donors (Lipinski definition) is 2. The maximum Gasteiger partial charge on any atom is 0.291 e. The third-order valence-electron chi connectivity index (χ3n) is 4.08. The molecular weight excluding hydrogens is 429 g/mol. The van der Waals surface area contributed by atoms with Crippen molar-refractivity contribution >= 4 is 52.3 Å². The summed E-state index contributed by atoms with van der Waals surface area (Å²) in [6.07, 6.45) is 1.38. The molecule has 0 aliphatic carbocycles. The fraction of sp³-hybridized carbons (Fsp3) is 0.0952. The lowest BCUT2D eigenvalue weighted by molar-refractivity contribution is -0.116. The van der Waals surface area contributed by atoms with Gasteiger partial charge in [-0.3, -0.25) is 14.4 Å². The minimum Gasteiger partial charge on any atom is -0.459 e. The second kappa shape index (κ2) is 9.47. The van der Waals surface area contributed by atoms with E-state index in [0.717, 1.165) is 0 Å². The summed E-state index contributed by atoms with van der Waals surface area (Å²) in [5.41, 5.74) is 1.00. The number of benzene rings is 2. The van der Waals surface area contributed by atoms with Crippen LogP contribution in [-0.4, -0.2) is 36.2 Å². The van der Waals surface area contributed by atoms with Crippen molar-refractivity contribution < 1.29 is 18.8 Å². The van der Waals surface area contributed by atoms with Gasteiger partial charge in [0.2, 0.25) is 5.91 Å². The first-order chi connectivity index (χ1) is 14.3. The van der Waals surface area contributed by atoms with E-state index in [1.165, 1.54) is 30.3 Å². The number of rotatable bonds is 6. The number of hydrogen-bond acceptors (Lipinski definition) is 4. The van der Waals surface area contributed by atoms with E-state index in [4.69, 9.17) is 27.6 Å². The highest BCUT2D eigenvalue weighted by molar-refractivity contribution is 6.42. The Labute approximate surface area is 182 Å². The van der Waals surface area contributed by atoms with Crippen molar-refractivity contribution in [1.82, 2.24) is 4.90 Å². The lowest BCUT2D eigenvalue weighted by Gasteiger charge is -2.19. The van der Waals surface area contributed by atoms with Gasteiger partial charge in [0.25, 0.3) is 11.8 Å². The summed E-state index contributed by atoms with van der Waals surface area (Å²) in [6.45, 7) is -0.209. The van der Waals surface area contributed by atoms with Gasteiger partial charge in [0.05, 0.1) is 34.1 Å². The van der Waals surface area contributed by atoms with Crippen LogP contribution in [0.3, 0.4) is 0 Å². The third kappa shape index (κ3) is 5.20. The molecule has 9 heteroatoms. The Morgan fingerprint density at radius 2 is 1.73 bits per heavy atom. The number of furan rings is 1. The summed E-state index contributed by atoms with van der Waals surface area (Å²) >= 11 is 11.8. The first-order valence-electron chi connectivity index (χ1n) is 8.79. The maximum absolute atomic E-state index is 12.9. The van der Waals surface area contributed by atoms with Gasteiger partial charge in [-0.1, -0.05) is 35.3 Å². The molecule has 2 N–H and O–H groups in total. The van der Waals surface area contributed by atoms with Crippen LogP contribution in [0.15, 0.2) is 65.3 Å². The Hall–Kier alpha value is -3.29. The van der Waals surface area contributed by atoms with Crippen LogP contribution in [0.2, 0.25) is 10.0 Å². The van der Waals surface area contributed by atoms with E-state index in [1.54, 1.807) is 42.5 Å². The monoisotopic (exact) mass is 445 g/mol. The Bertz CT molecular complexity index is 1080. The van der Waals surface area contributed by atoms with E-state index < -0.39 is 17.7 Å². The highest BCUT2D eigenvalue weighted by Gasteiger charge is 2.20. The Morgan fingerprint density at radius 3 is 2.43 bits per heavy atom. The normalized spacial score (nSPS) is 10.4. The van der Waals surface area contributed by atoms with Gasteiger partial charge in [0.15, 0.2) is 5.76 Å². The average Bonchev–Trinajstić information content (AvgIpc) is 3.25. The molecule has 0 saturated heterocycles. The minimum absolute atomic E-state index is 0.117. The lowest BCUT2D eigenvalue weighted by atomic mass is 10.1. The molecule has 3 rings (SSSR count). The lowest BCUT2D eigenvalue weighted by Crippen LogP contribution is -2.35. The topological polar surface area (TPSA) is 91.7 Å². The summed E-state index contributed by atoms with van der Waals surface area (Å²) in [7, 11) is 1.49. The molecule has 3 aromatic rings. The molecule has 1 heterocycles. The largest absolute Gasteiger partial charge is 0.459 e. The zero-order valence-corrected chi connectivity index (χ0v) is 17.3. The molecule has 1 aromatic heterocycles. The summed E-state index contributed by atoms with van der Waals surface area (Å²) in [5, 5.41) is 5.98. The standard InChI is InChI=1S/C21H17Cl2N3O4/c1-26(12-19(27)24-13-8-9-15(22)16(23)11-13)21(29)14-5-2-3-6-17(14)25-20(28)18-7-4-10-30-18/h2-11H,12H2,1H3,(H,24,27)(H,25,28). The van der Waals surface area contributed by atoms with Crippen LogP contribution in [0.25, 0.3) is 0 Å². The third-order valence-corrected chi connectivity index (χ3v) is 4.82. The van der Waals surface area contributed by atoms with E-state index in [-0.39, 0.29) is 17.9 Å². The van der Waals surface area contributed by atoms with Crippen molar-refractivity contribution in [3.05, 3.63) is 82.2 Å². The van der Waals surface area contributed by atoms with Crippen LogP contribution in [-0.2, 0) is 4.79 Å². The number of carbonyl (C=O) groups excluding carboxylic acids is 3. The molecule has 0 radical (unpaired) electrons. The highest BCUT2D eigenvalue weighted by Crippen LogP contribution is 2.25. The van der Waals surface area contributed by atoms with Crippen molar-refractivity contribution in [3.63, 3.8) is 0 Å². The van der Waals surface area contributed by atoms with Crippen molar-refractivity contribution in [1.29, 1.82) is 0 Å². The number of nitrogens with one attached hydrogen (secondary N) is 2. The Morgan fingerprint density at radius 1 is 0.967 bits per heavy atom. The molecule has 0 atom stereocenters. The van der Waals surface area contributed by atoms with Gasteiger partial charge in [-0.05, 0) is 42.5 Å². The molecular formula is C21H17Cl2N3O4. The molecule has 0 saturated carbocycles. The predicted octanol–water partition coefficient (Wildman–Crippen LogP) is 4.55. The van der Waals surface area contributed by atoms with Crippen LogP contribution in [0.1, 0.15) is 20.9 Å². The maximum atomic E-state index is 12.9. The van der Waals surface area contributed by atoms with Gasteiger partial charge in [-0.15, -0.1) is 0 Å². The molecule has 154 valence electrons. The van der Waals surface area contributed by atoms with E-state index in [2.05, 4.69) is 10.6 Å². The number of carbonyl (C=O) groups is 3. The predicted molar refractivity (Wildman–Crippen MR) is 115 cm³/mol. The van der Waals surface area contributed by atoms with E-state index in [9.17, 15) is 14.4 Å². The van der Waals surface area contributed by atoms with Gasteiger partial charge < -0.3 is 20.0 Å². The van der Waals surface area contributed by atoms with Crippen LogP contribution in [0, 0.1) is 0 Å². The fourth-order valence-electron chi connectivity index (χ4n) is 2.64. The Kier molecular flexibility index (Phi) is 6.76. The van der Waals surface area contributed by atoms with E-state index in [1.807, 2.05) is 0 Å². The van der Waals surface area contributed by atoms with Gasteiger partial charge >= 0.3 is 0 Å². The average molecular weight is 446 g/mol. The first-order valence-corrected chi connectivity index (χ1v) is 9.55. The minimum atomic E-state index is -0.486. The number of halogens is 2. The van der Waals surface area contributed by atoms with E-state index >= 15 is 0 Å². The van der Waals surface area contributed by atoms with Gasteiger partial charge in [0.1, 0.15) is 0 Å². The van der Waals surface area contributed by atoms with Crippen LogP contribution in [0.5, 0.6) is 0 Å².